The van der Waals surface area contributed by atoms with Crippen LogP contribution in [-0.4, -0.2) is 55.2 Å². The van der Waals surface area contributed by atoms with Crippen molar-refractivity contribution < 1.29 is 38.1 Å². The number of hydrogen-bond acceptors (Lipinski definition) is 9. The molecular weight excluding hydrogens is 454 g/mol. The fourth-order valence-corrected chi connectivity index (χ4v) is 3.15. The number of methoxy groups -OCH3 is 1. The van der Waals surface area contributed by atoms with Crippen molar-refractivity contribution in [2.45, 2.75) is 52.7 Å². The minimum Gasteiger partial charge on any atom is -0.493 e. The molecule has 2 rings (SSSR count). The standard InChI is InChI=1S/C26H33NO8/c1-6-14-32-16-23(18(3)33-20-10-8-7-9-11-20)35-26(30)17(2)15-21(29)24-25(34-19(4)28)22(31-5)12-13-27-24/h7-13,17-18,23H,6,14-16H2,1-5H3/t17-,18+,23-/m1/s1. The fourth-order valence-electron chi connectivity index (χ4n) is 3.15. The Morgan fingerprint density at radius 3 is 2.40 bits per heavy atom. The topological polar surface area (TPSA) is 110 Å². The molecule has 9 heteroatoms. The molecule has 1 aromatic carbocycles. The van der Waals surface area contributed by atoms with E-state index in [0.717, 1.165) is 6.42 Å². The van der Waals surface area contributed by atoms with Crippen molar-refractivity contribution in [1.29, 1.82) is 0 Å². The molecule has 0 aliphatic heterocycles. The maximum atomic E-state index is 12.9. The highest BCUT2D eigenvalue weighted by molar-refractivity contribution is 5.99. The third kappa shape index (κ3) is 8.68. The maximum Gasteiger partial charge on any atom is 0.309 e. The van der Waals surface area contributed by atoms with E-state index in [4.69, 9.17) is 23.7 Å². The second-order valence-corrected chi connectivity index (χ2v) is 8.00. The minimum absolute atomic E-state index is 0.0798. The summed E-state index contributed by atoms with van der Waals surface area (Å²) in [7, 11) is 1.38. The highest BCUT2D eigenvalue weighted by Gasteiger charge is 2.29. The zero-order valence-electron chi connectivity index (χ0n) is 20.8. The number of nitrogens with zero attached hydrogens (tertiary/aromatic N) is 1. The van der Waals surface area contributed by atoms with Gasteiger partial charge in [0.15, 0.2) is 23.3 Å². The summed E-state index contributed by atoms with van der Waals surface area (Å²) in [5.41, 5.74) is -0.0946. The number of ether oxygens (including phenoxy) is 5. The number of aromatic nitrogens is 1. The van der Waals surface area contributed by atoms with Crippen molar-refractivity contribution in [3.63, 3.8) is 0 Å². The molecule has 3 atom stereocenters. The van der Waals surface area contributed by atoms with E-state index in [1.807, 2.05) is 37.3 Å². The SMILES string of the molecule is CCCOC[C@@H](OC(=O)[C@H](C)CC(=O)c1nccc(OC)c1OC(C)=O)[C@H](C)Oc1ccccc1. The number of esters is 2. The second kappa shape index (κ2) is 14.1. The molecule has 1 aromatic heterocycles. The average molecular weight is 488 g/mol. The Bertz CT molecular complexity index is 979. The first kappa shape index (κ1) is 27.8. The summed E-state index contributed by atoms with van der Waals surface area (Å²) in [4.78, 5) is 41.4. The molecule has 0 unspecified atom stereocenters. The predicted octanol–water partition coefficient (Wildman–Crippen LogP) is 4.03. The van der Waals surface area contributed by atoms with Gasteiger partial charge in [-0.05, 0) is 25.5 Å². The molecule has 0 fully saturated rings. The highest BCUT2D eigenvalue weighted by Crippen LogP contribution is 2.31. The van der Waals surface area contributed by atoms with Gasteiger partial charge in [-0.2, -0.15) is 0 Å². The molecule has 0 N–H and O–H groups in total. The Labute approximate surface area is 205 Å². The number of rotatable bonds is 14. The zero-order valence-corrected chi connectivity index (χ0v) is 20.8. The smallest absolute Gasteiger partial charge is 0.309 e. The summed E-state index contributed by atoms with van der Waals surface area (Å²) >= 11 is 0. The number of benzene rings is 1. The van der Waals surface area contributed by atoms with Gasteiger partial charge in [0.25, 0.3) is 0 Å². The molecule has 0 spiro atoms. The number of carbonyl (C=O) groups is 3. The molecule has 0 saturated carbocycles. The zero-order chi connectivity index (χ0) is 25.8. The van der Waals surface area contributed by atoms with E-state index in [1.54, 1.807) is 13.8 Å². The second-order valence-electron chi connectivity index (χ2n) is 8.00. The quantitative estimate of drug-likeness (QED) is 0.221. The molecule has 0 radical (unpaired) electrons. The largest absolute Gasteiger partial charge is 0.493 e. The summed E-state index contributed by atoms with van der Waals surface area (Å²) in [6.07, 6.45) is 0.808. The van der Waals surface area contributed by atoms with Gasteiger partial charge in [0.05, 0.1) is 19.6 Å². The predicted molar refractivity (Wildman–Crippen MR) is 128 cm³/mol. The number of carbonyl (C=O) groups excluding carboxylic acids is 3. The molecule has 0 aliphatic rings. The number of hydrogen-bond donors (Lipinski definition) is 0. The number of ketones is 1. The first-order chi connectivity index (χ1) is 16.8. The molecule has 0 saturated heterocycles. The first-order valence-corrected chi connectivity index (χ1v) is 11.5. The van der Waals surface area contributed by atoms with Gasteiger partial charge in [0.1, 0.15) is 11.9 Å². The Morgan fingerprint density at radius 1 is 1.06 bits per heavy atom. The fraction of sp³-hybridized carbons (Fsp3) is 0.462. The average Bonchev–Trinajstić information content (AvgIpc) is 2.83. The van der Waals surface area contributed by atoms with Gasteiger partial charge >= 0.3 is 11.9 Å². The van der Waals surface area contributed by atoms with Crippen LogP contribution in [0.3, 0.4) is 0 Å². The Kier molecular flexibility index (Phi) is 11.2. The monoisotopic (exact) mass is 487 g/mol. The van der Waals surface area contributed by atoms with Crippen molar-refractivity contribution in [3.05, 3.63) is 48.3 Å². The van der Waals surface area contributed by atoms with Gasteiger partial charge in [0, 0.05) is 32.2 Å². The summed E-state index contributed by atoms with van der Waals surface area (Å²) in [5, 5.41) is 0. The van der Waals surface area contributed by atoms with E-state index < -0.39 is 35.8 Å². The van der Waals surface area contributed by atoms with Crippen LogP contribution in [0.15, 0.2) is 42.6 Å². The van der Waals surface area contributed by atoms with E-state index in [2.05, 4.69) is 4.98 Å². The third-order valence-corrected chi connectivity index (χ3v) is 4.98. The summed E-state index contributed by atoms with van der Waals surface area (Å²) in [6, 6.07) is 10.7. The van der Waals surface area contributed by atoms with Gasteiger partial charge in [-0.1, -0.05) is 32.0 Å². The Balaban J connectivity index is 2.10. The van der Waals surface area contributed by atoms with Crippen molar-refractivity contribution >= 4 is 17.7 Å². The van der Waals surface area contributed by atoms with Crippen LogP contribution in [-0.2, 0) is 19.1 Å². The number of pyridine rings is 1. The van der Waals surface area contributed by atoms with Crippen LogP contribution >= 0.6 is 0 Å². The molecular formula is C26H33NO8. The summed E-state index contributed by atoms with van der Waals surface area (Å²) in [6.45, 7) is 7.23. The Morgan fingerprint density at radius 2 is 1.77 bits per heavy atom. The van der Waals surface area contributed by atoms with Crippen LogP contribution in [0.1, 0.15) is 51.0 Å². The van der Waals surface area contributed by atoms with Crippen LogP contribution in [0, 0.1) is 5.92 Å². The molecule has 1 heterocycles. The third-order valence-electron chi connectivity index (χ3n) is 4.98. The maximum absolute atomic E-state index is 12.9. The van der Waals surface area contributed by atoms with E-state index in [-0.39, 0.29) is 30.2 Å². The lowest BCUT2D eigenvalue weighted by Gasteiger charge is -2.26. The molecule has 35 heavy (non-hydrogen) atoms. The van der Waals surface area contributed by atoms with Gasteiger partial charge in [-0.3, -0.25) is 14.4 Å². The highest BCUT2D eigenvalue weighted by atomic mass is 16.6. The summed E-state index contributed by atoms with van der Waals surface area (Å²) < 4.78 is 27.6. The van der Waals surface area contributed by atoms with Crippen LogP contribution < -0.4 is 14.2 Å². The van der Waals surface area contributed by atoms with E-state index >= 15 is 0 Å². The molecule has 0 bridgehead atoms. The number of Topliss-reactive ketones (excluding diaryl/α,β-unsaturated/α-hetero) is 1. The van der Waals surface area contributed by atoms with Crippen molar-refractivity contribution in [3.8, 4) is 17.2 Å². The number of para-hydroxylation sites is 1. The molecule has 2 aromatic rings. The summed E-state index contributed by atoms with van der Waals surface area (Å²) in [5.74, 6) is -1.74. The minimum atomic E-state index is -0.793. The molecule has 0 amide bonds. The lowest BCUT2D eigenvalue weighted by atomic mass is 10.0. The van der Waals surface area contributed by atoms with E-state index in [0.29, 0.717) is 12.4 Å². The van der Waals surface area contributed by atoms with Gasteiger partial charge < -0.3 is 23.7 Å². The normalized spacial score (nSPS) is 13.3. The van der Waals surface area contributed by atoms with E-state index in [9.17, 15) is 14.4 Å². The first-order valence-electron chi connectivity index (χ1n) is 11.5. The van der Waals surface area contributed by atoms with Gasteiger partial charge in [-0.25, -0.2) is 4.98 Å². The van der Waals surface area contributed by atoms with Crippen LogP contribution in [0.4, 0.5) is 0 Å². The molecule has 0 aliphatic carbocycles. The van der Waals surface area contributed by atoms with Crippen LogP contribution in [0.2, 0.25) is 0 Å². The van der Waals surface area contributed by atoms with Crippen molar-refractivity contribution in [1.82, 2.24) is 4.98 Å². The lowest BCUT2D eigenvalue weighted by Crippen LogP contribution is -2.39. The van der Waals surface area contributed by atoms with Crippen LogP contribution in [0.25, 0.3) is 0 Å². The Hall–Kier alpha value is -3.46. The van der Waals surface area contributed by atoms with Crippen molar-refractivity contribution in [2.75, 3.05) is 20.3 Å². The van der Waals surface area contributed by atoms with Gasteiger partial charge in [-0.15, -0.1) is 0 Å². The van der Waals surface area contributed by atoms with E-state index in [1.165, 1.54) is 26.3 Å². The van der Waals surface area contributed by atoms with Crippen LogP contribution in [0.5, 0.6) is 17.2 Å². The molecule has 9 nitrogen and oxygen atoms in total. The lowest BCUT2D eigenvalue weighted by molar-refractivity contribution is -0.162. The van der Waals surface area contributed by atoms with Gasteiger partial charge in [0.2, 0.25) is 5.75 Å². The van der Waals surface area contributed by atoms with Crippen molar-refractivity contribution in [2.24, 2.45) is 5.92 Å². The molecule has 190 valence electrons.